The minimum absolute atomic E-state index is 0.0684. The quantitative estimate of drug-likeness (QED) is 0.516. The first-order valence-corrected chi connectivity index (χ1v) is 10.3. The first-order valence-electron chi connectivity index (χ1n) is 7.00. The SMILES string of the molecule is CCNS(=O)(=O)CCNS(=O)(=O)CCC1CCNCC1. The molecule has 0 aliphatic carbocycles. The number of nitrogens with one attached hydrogen (secondary N) is 3. The molecule has 0 aromatic heterocycles. The summed E-state index contributed by atoms with van der Waals surface area (Å²) in [5.41, 5.74) is 0. The molecule has 0 radical (unpaired) electrons. The summed E-state index contributed by atoms with van der Waals surface area (Å²) in [4.78, 5) is 0. The molecule has 1 rings (SSSR count). The lowest BCUT2D eigenvalue weighted by Crippen LogP contribution is -2.36. The van der Waals surface area contributed by atoms with E-state index in [1.54, 1.807) is 6.92 Å². The smallest absolute Gasteiger partial charge is 0.212 e. The first-order chi connectivity index (χ1) is 9.35. The molecule has 1 aliphatic heterocycles. The highest BCUT2D eigenvalue weighted by molar-refractivity contribution is 7.90. The summed E-state index contributed by atoms with van der Waals surface area (Å²) in [6, 6.07) is 0. The van der Waals surface area contributed by atoms with Crippen molar-refractivity contribution in [3.05, 3.63) is 0 Å². The molecule has 0 saturated carbocycles. The molecule has 3 N–H and O–H groups in total. The van der Waals surface area contributed by atoms with Crippen molar-refractivity contribution >= 4 is 20.0 Å². The van der Waals surface area contributed by atoms with Crippen LogP contribution in [-0.4, -0.2) is 54.5 Å². The Morgan fingerprint density at radius 1 is 1.00 bits per heavy atom. The fourth-order valence-corrected chi connectivity index (χ4v) is 4.47. The maximum Gasteiger partial charge on any atom is 0.212 e. The zero-order valence-electron chi connectivity index (χ0n) is 11.9. The molecule has 120 valence electrons. The minimum Gasteiger partial charge on any atom is -0.317 e. The van der Waals surface area contributed by atoms with E-state index in [0.717, 1.165) is 25.9 Å². The van der Waals surface area contributed by atoms with Gasteiger partial charge in [0.05, 0.1) is 11.5 Å². The van der Waals surface area contributed by atoms with Gasteiger partial charge in [-0.1, -0.05) is 6.92 Å². The van der Waals surface area contributed by atoms with Gasteiger partial charge in [0, 0.05) is 13.1 Å². The number of hydrogen-bond acceptors (Lipinski definition) is 5. The van der Waals surface area contributed by atoms with Crippen LogP contribution in [-0.2, 0) is 20.0 Å². The van der Waals surface area contributed by atoms with Gasteiger partial charge in [-0.25, -0.2) is 26.3 Å². The maximum atomic E-state index is 11.8. The van der Waals surface area contributed by atoms with Crippen LogP contribution in [0.15, 0.2) is 0 Å². The molecule has 9 heteroatoms. The molecule has 0 aromatic carbocycles. The van der Waals surface area contributed by atoms with Crippen molar-refractivity contribution in [1.82, 2.24) is 14.8 Å². The molecule has 20 heavy (non-hydrogen) atoms. The first kappa shape index (κ1) is 17.8. The van der Waals surface area contributed by atoms with E-state index in [9.17, 15) is 16.8 Å². The van der Waals surface area contributed by atoms with E-state index in [4.69, 9.17) is 0 Å². The molecule has 7 nitrogen and oxygen atoms in total. The number of hydrogen-bond donors (Lipinski definition) is 3. The second-order valence-electron chi connectivity index (χ2n) is 5.01. The van der Waals surface area contributed by atoms with Gasteiger partial charge in [-0.05, 0) is 38.3 Å². The molecule has 1 saturated heterocycles. The molecular weight excluding hydrogens is 302 g/mol. The van der Waals surface area contributed by atoms with Crippen molar-refractivity contribution in [1.29, 1.82) is 0 Å². The maximum absolute atomic E-state index is 11.8. The van der Waals surface area contributed by atoms with Gasteiger partial charge in [0.1, 0.15) is 0 Å². The molecule has 0 atom stereocenters. The monoisotopic (exact) mass is 327 g/mol. The molecule has 0 unspecified atom stereocenters. The summed E-state index contributed by atoms with van der Waals surface area (Å²) in [5, 5.41) is 3.24. The van der Waals surface area contributed by atoms with E-state index in [1.165, 1.54) is 0 Å². The second-order valence-corrected chi connectivity index (χ2v) is 8.86. The van der Waals surface area contributed by atoms with E-state index < -0.39 is 20.0 Å². The van der Waals surface area contributed by atoms with E-state index in [1.807, 2.05) is 0 Å². The molecule has 1 aliphatic rings. The van der Waals surface area contributed by atoms with E-state index >= 15 is 0 Å². The topological polar surface area (TPSA) is 104 Å². The van der Waals surface area contributed by atoms with Gasteiger partial charge < -0.3 is 5.32 Å². The third-order valence-electron chi connectivity index (χ3n) is 3.31. The van der Waals surface area contributed by atoms with Crippen molar-refractivity contribution < 1.29 is 16.8 Å². The Balaban J connectivity index is 2.27. The van der Waals surface area contributed by atoms with Crippen LogP contribution < -0.4 is 14.8 Å². The van der Waals surface area contributed by atoms with Gasteiger partial charge in [0.25, 0.3) is 0 Å². The predicted molar refractivity (Wildman–Crippen MR) is 79.5 cm³/mol. The van der Waals surface area contributed by atoms with Crippen LogP contribution in [0.3, 0.4) is 0 Å². The molecular formula is C11H25N3O4S2. The van der Waals surface area contributed by atoms with Gasteiger partial charge in [0.2, 0.25) is 20.0 Å². The summed E-state index contributed by atoms with van der Waals surface area (Å²) >= 11 is 0. The summed E-state index contributed by atoms with van der Waals surface area (Å²) < 4.78 is 51.0. The van der Waals surface area contributed by atoms with Gasteiger partial charge >= 0.3 is 0 Å². The van der Waals surface area contributed by atoms with Crippen LogP contribution in [0, 0.1) is 5.92 Å². The zero-order valence-corrected chi connectivity index (χ0v) is 13.5. The number of rotatable bonds is 9. The minimum atomic E-state index is -3.38. The standard InChI is InChI=1S/C11H25N3O4S2/c1-2-13-20(17,18)10-8-14-19(15,16)9-5-11-3-6-12-7-4-11/h11-14H,2-10H2,1H3. The Morgan fingerprint density at radius 2 is 1.60 bits per heavy atom. The van der Waals surface area contributed by atoms with Gasteiger partial charge in [-0.3, -0.25) is 0 Å². The Bertz CT molecular complexity index is 470. The summed E-state index contributed by atoms with van der Waals surface area (Å²) in [5.74, 6) is 0.283. The Morgan fingerprint density at radius 3 is 2.20 bits per heavy atom. The Labute approximate surface area is 122 Å². The van der Waals surface area contributed by atoms with Crippen molar-refractivity contribution in [2.75, 3.05) is 37.7 Å². The van der Waals surface area contributed by atoms with Gasteiger partial charge in [0.15, 0.2) is 0 Å². The van der Waals surface area contributed by atoms with Crippen LogP contribution in [0.25, 0.3) is 0 Å². The van der Waals surface area contributed by atoms with Crippen LogP contribution >= 0.6 is 0 Å². The van der Waals surface area contributed by atoms with E-state index in [0.29, 0.717) is 18.9 Å². The molecule has 0 bridgehead atoms. The van der Waals surface area contributed by atoms with Crippen molar-refractivity contribution in [2.45, 2.75) is 26.2 Å². The van der Waals surface area contributed by atoms with Gasteiger partial charge in [-0.2, -0.15) is 0 Å². The Hall–Kier alpha value is -0.220. The largest absolute Gasteiger partial charge is 0.317 e. The fourth-order valence-electron chi connectivity index (χ4n) is 2.19. The third-order valence-corrected chi connectivity index (χ3v) is 6.20. The highest BCUT2D eigenvalue weighted by atomic mass is 32.2. The lowest BCUT2D eigenvalue weighted by molar-refractivity contribution is 0.365. The summed E-state index contributed by atoms with van der Waals surface area (Å²) in [7, 11) is -6.76. The van der Waals surface area contributed by atoms with Crippen LogP contribution in [0.2, 0.25) is 0 Å². The van der Waals surface area contributed by atoms with E-state index in [2.05, 4.69) is 14.8 Å². The van der Waals surface area contributed by atoms with E-state index in [-0.39, 0.29) is 18.1 Å². The predicted octanol–water partition coefficient (Wildman–Crippen LogP) is -0.765. The van der Waals surface area contributed by atoms with Crippen LogP contribution in [0.4, 0.5) is 0 Å². The average Bonchev–Trinajstić information content (AvgIpc) is 2.37. The molecule has 1 fully saturated rings. The third kappa shape index (κ3) is 7.53. The highest BCUT2D eigenvalue weighted by Crippen LogP contribution is 2.16. The van der Waals surface area contributed by atoms with Crippen molar-refractivity contribution in [2.24, 2.45) is 5.92 Å². The summed E-state index contributed by atoms with van der Waals surface area (Å²) in [6.45, 7) is 3.80. The summed E-state index contributed by atoms with van der Waals surface area (Å²) in [6.07, 6.45) is 2.64. The lowest BCUT2D eigenvalue weighted by atomic mass is 9.96. The van der Waals surface area contributed by atoms with Crippen molar-refractivity contribution in [3.8, 4) is 0 Å². The van der Waals surface area contributed by atoms with Crippen molar-refractivity contribution in [3.63, 3.8) is 0 Å². The van der Waals surface area contributed by atoms with Gasteiger partial charge in [-0.15, -0.1) is 0 Å². The highest BCUT2D eigenvalue weighted by Gasteiger charge is 2.18. The molecule has 1 heterocycles. The normalized spacial score (nSPS) is 18.2. The number of piperidine rings is 1. The number of sulfonamides is 2. The van der Waals surface area contributed by atoms with Crippen LogP contribution in [0.1, 0.15) is 26.2 Å². The van der Waals surface area contributed by atoms with Crippen LogP contribution in [0.5, 0.6) is 0 Å². The second kappa shape index (κ2) is 8.28. The average molecular weight is 327 g/mol. The molecule has 0 amide bonds. The molecule has 0 spiro atoms. The lowest BCUT2D eigenvalue weighted by Gasteiger charge is -2.22. The fraction of sp³-hybridized carbons (Fsp3) is 1.00. The zero-order chi connectivity index (χ0) is 15.1. The Kier molecular flexibility index (Phi) is 7.38. The molecule has 0 aromatic rings.